The number of methoxy groups -OCH3 is 2. The van der Waals surface area contributed by atoms with Gasteiger partial charge in [-0.2, -0.15) is 0 Å². The van der Waals surface area contributed by atoms with Gasteiger partial charge in [-0.1, -0.05) is 12.1 Å². The van der Waals surface area contributed by atoms with Crippen LogP contribution in [0.5, 0.6) is 11.5 Å². The first-order chi connectivity index (χ1) is 14.3. The minimum Gasteiger partial charge on any atom is -0.497 e. The number of amides is 1. The van der Waals surface area contributed by atoms with Crippen molar-refractivity contribution in [2.75, 3.05) is 24.3 Å². The molecule has 0 atom stereocenters. The monoisotopic (exact) mass is 490 g/mol. The molecule has 0 radical (unpaired) electrons. The maximum atomic E-state index is 12.8. The molecule has 0 aliphatic rings. The van der Waals surface area contributed by atoms with Gasteiger partial charge >= 0.3 is 0 Å². The van der Waals surface area contributed by atoms with Gasteiger partial charge in [-0.05, 0) is 70.5 Å². The van der Waals surface area contributed by atoms with Crippen LogP contribution in [0.1, 0.15) is 10.4 Å². The van der Waals surface area contributed by atoms with Crippen molar-refractivity contribution < 1.29 is 22.7 Å². The number of nitrogens with one attached hydrogen (secondary N) is 2. The first-order valence-electron chi connectivity index (χ1n) is 8.75. The zero-order valence-corrected chi connectivity index (χ0v) is 18.6. The molecule has 1 amide bonds. The van der Waals surface area contributed by atoms with Gasteiger partial charge in [0.15, 0.2) is 0 Å². The van der Waals surface area contributed by atoms with Crippen LogP contribution in [0, 0.1) is 0 Å². The van der Waals surface area contributed by atoms with E-state index in [1.807, 2.05) is 0 Å². The number of rotatable bonds is 7. The van der Waals surface area contributed by atoms with Crippen LogP contribution in [0.4, 0.5) is 11.4 Å². The summed E-state index contributed by atoms with van der Waals surface area (Å²) in [6.07, 6.45) is 0. The van der Waals surface area contributed by atoms with Gasteiger partial charge in [0.2, 0.25) is 0 Å². The Labute approximate surface area is 183 Å². The van der Waals surface area contributed by atoms with Gasteiger partial charge in [-0.25, -0.2) is 8.42 Å². The molecule has 0 spiro atoms. The third kappa shape index (κ3) is 4.92. The number of hydrogen-bond donors (Lipinski definition) is 2. The molecule has 0 heterocycles. The smallest absolute Gasteiger partial charge is 0.261 e. The molecule has 0 saturated heterocycles. The van der Waals surface area contributed by atoms with Gasteiger partial charge in [0.25, 0.3) is 15.9 Å². The SMILES string of the molecule is COc1ccc(NC(=O)c2ccccc2NS(=O)(=O)c2ccc(OC)c(Br)c2)cc1. The van der Waals surface area contributed by atoms with Crippen LogP contribution in [0.25, 0.3) is 0 Å². The van der Waals surface area contributed by atoms with E-state index in [0.29, 0.717) is 21.7 Å². The molecule has 9 heteroatoms. The minimum atomic E-state index is -3.93. The Balaban J connectivity index is 1.85. The van der Waals surface area contributed by atoms with Crippen molar-refractivity contribution >= 4 is 43.2 Å². The topological polar surface area (TPSA) is 93.7 Å². The van der Waals surface area contributed by atoms with Crippen molar-refractivity contribution in [1.29, 1.82) is 0 Å². The first kappa shape index (κ1) is 21.7. The standard InChI is InChI=1S/C21H19BrN2O5S/c1-28-15-9-7-14(8-10-15)23-21(25)17-5-3-4-6-19(17)24-30(26,27)16-11-12-20(29-2)18(22)13-16/h3-13,24H,1-2H3,(H,23,25). The largest absolute Gasteiger partial charge is 0.497 e. The van der Waals surface area contributed by atoms with E-state index in [0.717, 1.165) is 0 Å². The molecule has 0 aliphatic carbocycles. The lowest BCUT2D eigenvalue weighted by Gasteiger charge is -2.14. The van der Waals surface area contributed by atoms with Gasteiger partial charge < -0.3 is 14.8 Å². The predicted octanol–water partition coefficient (Wildman–Crippen LogP) is 4.52. The van der Waals surface area contributed by atoms with E-state index in [-0.39, 0.29) is 16.1 Å². The molecule has 0 fully saturated rings. The molecule has 0 saturated carbocycles. The van der Waals surface area contributed by atoms with E-state index in [2.05, 4.69) is 26.0 Å². The average molecular weight is 491 g/mol. The third-order valence-electron chi connectivity index (χ3n) is 4.20. The number of halogens is 1. The number of ether oxygens (including phenoxy) is 2. The third-order valence-corrected chi connectivity index (χ3v) is 6.18. The van der Waals surface area contributed by atoms with E-state index in [1.165, 1.54) is 25.3 Å². The number of hydrogen-bond acceptors (Lipinski definition) is 5. The van der Waals surface area contributed by atoms with Gasteiger partial charge in [-0.3, -0.25) is 9.52 Å². The van der Waals surface area contributed by atoms with Crippen molar-refractivity contribution in [3.05, 3.63) is 76.8 Å². The molecule has 0 unspecified atom stereocenters. The van der Waals surface area contributed by atoms with Crippen molar-refractivity contribution in [3.8, 4) is 11.5 Å². The van der Waals surface area contributed by atoms with E-state index in [4.69, 9.17) is 9.47 Å². The Morgan fingerprint density at radius 3 is 2.27 bits per heavy atom. The first-order valence-corrected chi connectivity index (χ1v) is 11.0. The zero-order chi connectivity index (χ0) is 21.7. The molecule has 3 aromatic rings. The Morgan fingerprint density at radius 2 is 1.63 bits per heavy atom. The molecule has 0 aliphatic heterocycles. The van der Waals surface area contributed by atoms with Gasteiger partial charge in [0.1, 0.15) is 11.5 Å². The van der Waals surface area contributed by atoms with Gasteiger partial charge in [0.05, 0.1) is 34.8 Å². The summed E-state index contributed by atoms with van der Waals surface area (Å²) in [5.74, 6) is 0.717. The second-order valence-electron chi connectivity index (χ2n) is 6.13. The summed E-state index contributed by atoms with van der Waals surface area (Å²) in [7, 11) is -0.888. The van der Waals surface area contributed by atoms with Crippen LogP contribution in [0.15, 0.2) is 76.1 Å². The van der Waals surface area contributed by atoms with Crippen LogP contribution in [0.2, 0.25) is 0 Å². The Hall–Kier alpha value is -3.04. The summed E-state index contributed by atoms with van der Waals surface area (Å²) < 4.78 is 38.9. The van der Waals surface area contributed by atoms with Crippen LogP contribution < -0.4 is 19.5 Å². The number of carbonyl (C=O) groups excluding carboxylic acids is 1. The quantitative estimate of drug-likeness (QED) is 0.507. The number of anilines is 2. The summed E-state index contributed by atoms with van der Waals surface area (Å²) in [5, 5.41) is 2.75. The maximum absolute atomic E-state index is 12.8. The minimum absolute atomic E-state index is 0.0283. The van der Waals surface area contributed by atoms with E-state index in [9.17, 15) is 13.2 Å². The molecule has 7 nitrogen and oxygen atoms in total. The van der Waals surface area contributed by atoms with Crippen molar-refractivity contribution in [2.45, 2.75) is 4.90 Å². The van der Waals surface area contributed by atoms with Crippen molar-refractivity contribution in [3.63, 3.8) is 0 Å². The lowest BCUT2D eigenvalue weighted by molar-refractivity contribution is 0.102. The fraction of sp³-hybridized carbons (Fsp3) is 0.0952. The van der Waals surface area contributed by atoms with Gasteiger partial charge in [0, 0.05) is 5.69 Å². The summed E-state index contributed by atoms with van der Waals surface area (Å²) in [5.41, 5.74) is 0.900. The van der Waals surface area contributed by atoms with Crippen LogP contribution in [-0.2, 0) is 10.0 Å². The summed E-state index contributed by atoms with van der Waals surface area (Å²) in [6, 6.07) is 17.6. The normalized spacial score (nSPS) is 10.9. The molecule has 0 aromatic heterocycles. The molecule has 3 aromatic carbocycles. The second-order valence-corrected chi connectivity index (χ2v) is 8.67. The van der Waals surface area contributed by atoms with Crippen molar-refractivity contribution in [2.24, 2.45) is 0 Å². The molecule has 30 heavy (non-hydrogen) atoms. The fourth-order valence-corrected chi connectivity index (χ4v) is 4.46. The molecule has 3 rings (SSSR count). The van der Waals surface area contributed by atoms with Gasteiger partial charge in [-0.15, -0.1) is 0 Å². The molecule has 0 bridgehead atoms. The molecule has 2 N–H and O–H groups in total. The van der Waals surface area contributed by atoms with Crippen LogP contribution in [-0.4, -0.2) is 28.5 Å². The number of benzene rings is 3. The number of para-hydroxylation sites is 1. The lowest BCUT2D eigenvalue weighted by Crippen LogP contribution is -2.18. The Morgan fingerprint density at radius 1 is 0.933 bits per heavy atom. The predicted molar refractivity (Wildman–Crippen MR) is 119 cm³/mol. The highest BCUT2D eigenvalue weighted by atomic mass is 79.9. The fourth-order valence-electron chi connectivity index (χ4n) is 2.66. The zero-order valence-electron chi connectivity index (χ0n) is 16.2. The van der Waals surface area contributed by atoms with Crippen LogP contribution in [0.3, 0.4) is 0 Å². The molecular formula is C21H19BrN2O5S. The Kier molecular flexibility index (Phi) is 6.63. The number of sulfonamides is 1. The lowest BCUT2D eigenvalue weighted by atomic mass is 10.1. The number of carbonyl (C=O) groups is 1. The Bertz CT molecular complexity index is 1160. The van der Waals surface area contributed by atoms with Crippen molar-refractivity contribution in [1.82, 2.24) is 0 Å². The van der Waals surface area contributed by atoms with E-state index >= 15 is 0 Å². The van der Waals surface area contributed by atoms with E-state index < -0.39 is 15.9 Å². The van der Waals surface area contributed by atoms with E-state index in [1.54, 1.807) is 55.6 Å². The highest BCUT2D eigenvalue weighted by Crippen LogP contribution is 2.29. The summed E-state index contributed by atoms with van der Waals surface area (Å²) in [6.45, 7) is 0. The highest BCUT2D eigenvalue weighted by Gasteiger charge is 2.20. The maximum Gasteiger partial charge on any atom is 0.261 e. The van der Waals surface area contributed by atoms with Crippen LogP contribution >= 0.6 is 15.9 Å². The second kappa shape index (κ2) is 9.19. The summed E-state index contributed by atoms with van der Waals surface area (Å²) >= 11 is 3.28. The highest BCUT2D eigenvalue weighted by molar-refractivity contribution is 9.10. The molecular weight excluding hydrogens is 472 g/mol. The summed E-state index contributed by atoms with van der Waals surface area (Å²) in [4.78, 5) is 12.8. The molecule has 156 valence electrons. The average Bonchev–Trinajstić information content (AvgIpc) is 2.74.